The number of halogens is 4. The van der Waals surface area contributed by atoms with Crippen molar-refractivity contribution in [2.24, 2.45) is 23.7 Å². The number of fused-ring (bicyclic) bond motifs is 4. The molecule has 1 saturated carbocycles. The summed E-state index contributed by atoms with van der Waals surface area (Å²) in [5.41, 5.74) is -0.403. The van der Waals surface area contributed by atoms with Crippen molar-refractivity contribution in [3.8, 4) is 5.75 Å². The molecule has 53 heavy (non-hydrogen) atoms. The average Bonchev–Trinajstić information content (AvgIpc) is 3.41. The van der Waals surface area contributed by atoms with Crippen molar-refractivity contribution in [3.63, 3.8) is 0 Å². The van der Waals surface area contributed by atoms with Gasteiger partial charge in [0, 0.05) is 30.0 Å². The maximum absolute atomic E-state index is 15.0. The molecular weight excluding hydrogens is 707 g/mol. The zero-order chi connectivity index (χ0) is 37.4. The number of anilines is 1. The number of alkyl halides is 3. The van der Waals surface area contributed by atoms with Crippen LogP contribution in [-0.2, 0) is 30.8 Å². The summed E-state index contributed by atoms with van der Waals surface area (Å²) in [7, 11) is 1.25. The van der Waals surface area contributed by atoms with Gasteiger partial charge in [-0.25, -0.2) is 4.98 Å². The fraction of sp³-hybridized carbons (Fsp3) is 0.244. The van der Waals surface area contributed by atoms with Crippen molar-refractivity contribution in [2.45, 2.75) is 30.4 Å². The molecule has 3 aliphatic carbocycles. The number of allylic oxidation sites excluding steroid dienone is 4. The van der Waals surface area contributed by atoms with Gasteiger partial charge in [-0.2, -0.15) is 18.2 Å². The second kappa shape index (κ2) is 12.5. The van der Waals surface area contributed by atoms with Crippen LogP contribution in [0.15, 0.2) is 115 Å². The number of benzene rings is 3. The number of carbonyl (C=O) groups excluding carboxylic acids is 4. The first-order valence-corrected chi connectivity index (χ1v) is 17.5. The van der Waals surface area contributed by atoms with E-state index in [0.29, 0.717) is 28.3 Å². The van der Waals surface area contributed by atoms with Crippen molar-refractivity contribution in [2.75, 3.05) is 12.1 Å². The SMILES string of the molecule is CN(c1nc(C(F)(F)F)ccc1Cl)N1C(=O)[C@H]2[C@H](CC=C3[C@H]2C[C@H]2C(=O)C(c4ccccc4)=CC(=O)[C@@]2(c2ccccc2)[C@H]3c2ccccc2O)C1=O. The Kier molecular flexibility index (Phi) is 8.17. The second-order valence-corrected chi connectivity index (χ2v) is 14.3. The van der Waals surface area contributed by atoms with Crippen LogP contribution >= 0.6 is 11.6 Å². The van der Waals surface area contributed by atoms with Crippen LogP contribution in [0.3, 0.4) is 0 Å². The van der Waals surface area contributed by atoms with Crippen LogP contribution in [0.1, 0.15) is 41.1 Å². The van der Waals surface area contributed by atoms with Gasteiger partial charge >= 0.3 is 6.18 Å². The molecule has 0 radical (unpaired) electrons. The molecule has 3 aromatic carbocycles. The van der Waals surface area contributed by atoms with E-state index in [1.165, 1.54) is 19.2 Å². The monoisotopic (exact) mass is 737 g/mol. The molecule has 2 amide bonds. The molecule has 0 unspecified atom stereocenters. The molecule has 4 aromatic rings. The molecule has 2 fully saturated rings. The molecule has 1 N–H and O–H groups in total. The van der Waals surface area contributed by atoms with Crippen molar-refractivity contribution in [3.05, 3.63) is 142 Å². The Labute approximate surface area is 307 Å². The van der Waals surface area contributed by atoms with Gasteiger partial charge in [-0.15, -0.1) is 0 Å². The number of ketones is 2. The number of pyridine rings is 1. The summed E-state index contributed by atoms with van der Waals surface area (Å²) in [4.78, 5) is 62.4. The lowest BCUT2D eigenvalue weighted by Crippen LogP contribution is -2.59. The molecule has 12 heteroatoms. The predicted molar refractivity (Wildman–Crippen MR) is 189 cm³/mol. The van der Waals surface area contributed by atoms with Crippen LogP contribution in [0, 0.1) is 23.7 Å². The van der Waals surface area contributed by atoms with Crippen LogP contribution in [0.25, 0.3) is 5.57 Å². The first-order valence-electron chi connectivity index (χ1n) is 17.1. The van der Waals surface area contributed by atoms with E-state index in [-0.39, 0.29) is 40.8 Å². The minimum Gasteiger partial charge on any atom is -0.508 e. The van der Waals surface area contributed by atoms with Crippen molar-refractivity contribution in [1.82, 2.24) is 9.99 Å². The number of aromatic hydroxyl groups is 1. The summed E-state index contributed by atoms with van der Waals surface area (Å²) >= 11 is 6.29. The zero-order valence-electron chi connectivity index (χ0n) is 28.1. The van der Waals surface area contributed by atoms with Gasteiger partial charge in [-0.05, 0) is 54.2 Å². The highest BCUT2D eigenvalue weighted by atomic mass is 35.5. The number of hydrazine groups is 1. The molecule has 1 aromatic heterocycles. The predicted octanol–water partition coefficient (Wildman–Crippen LogP) is 7.34. The van der Waals surface area contributed by atoms with Gasteiger partial charge in [0.2, 0.25) is 0 Å². The standard InChI is InChI=1S/C41H31ClF3N3O5/c1-47(37-30(42)18-19-32(46-37)41(43,44)45)48-38(52)26-17-16-24-28(34(26)39(48)53)20-29-36(51)27(22-10-4-2-5-11-22)21-33(50)40(29,23-12-6-3-7-13-23)35(24)25-14-8-9-15-31(25)49/h2-16,18-19,21,26,28-29,34-35,49H,17,20H2,1H3/t26-,28+,29-,34-,35+,40-/m0/s1. The summed E-state index contributed by atoms with van der Waals surface area (Å²) in [6.07, 6.45) is -1.49. The third kappa shape index (κ3) is 5.15. The van der Waals surface area contributed by atoms with Gasteiger partial charge in [0.25, 0.3) is 11.8 Å². The number of imide groups is 1. The Morgan fingerprint density at radius 2 is 1.53 bits per heavy atom. The first kappa shape index (κ1) is 34.5. The number of aromatic nitrogens is 1. The Bertz CT molecular complexity index is 2260. The number of hydrogen-bond acceptors (Lipinski definition) is 7. The number of rotatable bonds is 5. The molecule has 268 valence electrons. The molecule has 4 aliphatic rings. The fourth-order valence-corrected chi connectivity index (χ4v) is 9.37. The molecule has 8 rings (SSSR count). The van der Waals surface area contributed by atoms with E-state index >= 15 is 4.79 Å². The third-order valence-corrected chi connectivity index (χ3v) is 11.6. The van der Waals surface area contributed by atoms with E-state index in [9.17, 15) is 32.7 Å². The number of Topliss-reactive ketones (excluding diaryl/α,β-unsaturated/α-hetero) is 1. The Morgan fingerprint density at radius 1 is 0.868 bits per heavy atom. The van der Waals surface area contributed by atoms with Gasteiger partial charge in [0.05, 0.1) is 22.3 Å². The second-order valence-electron chi connectivity index (χ2n) is 13.9. The topological polar surface area (TPSA) is 108 Å². The van der Waals surface area contributed by atoms with Gasteiger partial charge in [0.15, 0.2) is 17.4 Å². The van der Waals surface area contributed by atoms with Crippen LogP contribution in [0.4, 0.5) is 19.0 Å². The van der Waals surface area contributed by atoms with E-state index in [0.717, 1.165) is 16.1 Å². The van der Waals surface area contributed by atoms with Gasteiger partial charge in [-0.1, -0.05) is 102 Å². The summed E-state index contributed by atoms with van der Waals surface area (Å²) in [6, 6.07) is 26.1. The lowest BCUT2D eigenvalue weighted by molar-refractivity contribution is -0.141. The average molecular weight is 738 g/mol. The molecule has 0 spiro atoms. The Balaban J connectivity index is 1.30. The number of phenols is 1. The molecular formula is C41H31ClF3N3O5. The number of hydrogen-bond donors (Lipinski definition) is 1. The molecule has 6 atom stereocenters. The van der Waals surface area contributed by atoms with E-state index in [4.69, 9.17) is 11.6 Å². The highest BCUT2D eigenvalue weighted by Crippen LogP contribution is 2.64. The lowest BCUT2D eigenvalue weighted by atomic mass is 9.44. The summed E-state index contributed by atoms with van der Waals surface area (Å²) in [5, 5.41) is 13.0. The normalized spacial score (nSPS) is 26.7. The van der Waals surface area contributed by atoms with Crippen molar-refractivity contribution >= 4 is 46.4 Å². The number of nitrogens with zero attached hydrogens (tertiary/aromatic N) is 3. The molecule has 1 saturated heterocycles. The fourth-order valence-electron chi connectivity index (χ4n) is 9.14. The first-order chi connectivity index (χ1) is 25.4. The maximum atomic E-state index is 15.0. The highest BCUT2D eigenvalue weighted by molar-refractivity contribution is 6.33. The van der Waals surface area contributed by atoms with Crippen LogP contribution < -0.4 is 5.01 Å². The van der Waals surface area contributed by atoms with E-state index in [1.54, 1.807) is 78.9 Å². The summed E-state index contributed by atoms with van der Waals surface area (Å²) in [6.45, 7) is 0. The number of amides is 2. The Morgan fingerprint density at radius 3 is 2.21 bits per heavy atom. The summed E-state index contributed by atoms with van der Waals surface area (Å²) in [5.74, 6) is -7.18. The quantitative estimate of drug-likeness (QED) is 0.169. The largest absolute Gasteiger partial charge is 0.508 e. The molecule has 8 nitrogen and oxygen atoms in total. The van der Waals surface area contributed by atoms with Crippen molar-refractivity contribution in [1.29, 1.82) is 0 Å². The summed E-state index contributed by atoms with van der Waals surface area (Å²) < 4.78 is 41.0. The number of carbonyl (C=O) groups is 4. The van der Waals surface area contributed by atoms with E-state index < -0.39 is 64.5 Å². The van der Waals surface area contributed by atoms with Crippen molar-refractivity contribution < 1.29 is 37.5 Å². The van der Waals surface area contributed by atoms with Crippen LogP contribution in [0.5, 0.6) is 5.75 Å². The molecule has 0 bridgehead atoms. The van der Waals surface area contributed by atoms with Crippen LogP contribution in [0.2, 0.25) is 5.02 Å². The van der Waals surface area contributed by atoms with E-state index in [2.05, 4.69) is 4.98 Å². The number of phenolic OH excluding ortho intramolecular Hbond substituents is 1. The van der Waals surface area contributed by atoms with Crippen LogP contribution in [-0.4, -0.2) is 45.5 Å². The zero-order valence-corrected chi connectivity index (χ0v) is 28.9. The minimum atomic E-state index is -4.81. The minimum absolute atomic E-state index is 0.0138. The smallest absolute Gasteiger partial charge is 0.433 e. The number of para-hydroxylation sites is 1. The van der Waals surface area contributed by atoms with Gasteiger partial charge in [-0.3, -0.25) is 24.2 Å². The molecule has 2 heterocycles. The molecule has 1 aliphatic heterocycles. The lowest BCUT2D eigenvalue weighted by Gasteiger charge is -2.55. The van der Waals surface area contributed by atoms with Gasteiger partial charge in [0.1, 0.15) is 11.4 Å². The Hall–Kier alpha value is -5.55. The van der Waals surface area contributed by atoms with Gasteiger partial charge < -0.3 is 5.11 Å². The third-order valence-electron chi connectivity index (χ3n) is 11.3. The highest BCUT2D eigenvalue weighted by Gasteiger charge is 2.66. The maximum Gasteiger partial charge on any atom is 0.433 e. The van der Waals surface area contributed by atoms with E-state index in [1.807, 2.05) is 6.08 Å².